The number of aromatic nitrogens is 1. The zero-order valence-electron chi connectivity index (χ0n) is 14.5. The van der Waals surface area contributed by atoms with Crippen molar-refractivity contribution < 1.29 is 18.3 Å². The smallest absolute Gasteiger partial charge is 0.283 e. The van der Waals surface area contributed by atoms with Gasteiger partial charge in [-0.1, -0.05) is 11.6 Å². The monoisotopic (exact) mass is 405 g/mol. The lowest BCUT2D eigenvalue weighted by Gasteiger charge is -2.33. The molecule has 0 unspecified atom stereocenters. The Balaban J connectivity index is 1.93. The number of rotatable bonds is 3. The maximum atomic E-state index is 14.5. The molecule has 0 saturated heterocycles. The number of anilines is 1. The molecule has 7 nitrogen and oxygen atoms in total. The molecule has 3 N–H and O–H groups in total. The second-order valence-electron chi connectivity index (χ2n) is 6.19. The molecule has 1 aliphatic heterocycles. The number of nitrogens with two attached hydrogens (primary N) is 1. The summed E-state index contributed by atoms with van der Waals surface area (Å²) in [5.41, 5.74) is 4.07. The summed E-state index contributed by atoms with van der Waals surface area (Å²) in [5, 5.41) is 11.3. The first-order valence-corrected chi connectivity index (χ1v) is 8.41. The van der Waals surface area contributed by atoms with Crippen LogP contribution in [0.15, 0.2) is 35.5 Å². The lowest BCUT2D eigenvalue weighted by atomic mass is 9.86. The minimum Gasteiger partial charge on any atom is -0.462 e. The van der Waals surface area contributed by atoms with E-state index in [0.717, 1.165) is 6.07 Å². The van der Waals surface area contributed by atoms with Gasteiger partial charge in [0, 0.05) is 17.4 Å². The fraction of sp³-hybridized carbons (Fsp3) is 0.222. The Morgan fingerprint density at radius 1 is 1.50 bits per heavy atom. The Morgan fingerprint density at radius 3 is 2.93 bits per heavy atom. The maximum Gasteiger partial charge on any atom is 0.283 e. The Labute approximate surface area is 163 Å². The molecule has 0 aliphatic carbocycles. The first-order chi connectivity index (χ1) is 13.2. The molecule has 0 bridgehead atoms. The van der Waals surface area contributed by atoms with Gasteiger partial charge in [0.15, 0.2) is 6.17 Å². The van der Waals surface area contributed by atoms with Crippen LogP contribution in [-0.4, -0.2) is 29.7 Å². The number of halogens is 3. The highest BCUT2D eigenvalue weighted by atomic mass is 35.5. The number of carbonyl (C=O) groups is 1. The van der Waals surface area contributed by atoms with Crippen LogP contribution in [0.4, 0.5) is 14.5 Å². The molecule has 1 aromatic carbocycles. The molecule has 0 radical (unpaired) electrons. The van der Waals surface area contributed by atoms with Crippen LogP contribution >= 0.6 is 11.6 Å². The van der Waals surface area contributed by atoms with Gasteiger partial charge in [0.05, 0.1) is 10.6 Å². The second kappa shape index (κ2) is 7.40. The Bertz CT molecular complexity index is 1020. The van der Waals surface area contributed by atoms with E-state index in [4.69, 9.17) is 27.3 Å². The zero-order chi connectivity index (χ0) is 20.5. The minimum atomic E-state index is -1.64. The van der Waals surface area contributed by atoms with Gasteiger partial charge >= 0.3 is 0 Å². The van der Waals surface area contributed by atoms with Gasteiger partial charge in [-0.25, -0.2) is 18.8 Å². The van der Waals surface area contributed by atoms with E-state index in [1.54, 1.807) is 0 Å². The van der Waals surface area contributed by atoms with Gasteiger partial charge in [-0.15, -0.1) is 0 Å². The third-order valence-corrected chi connectivity index (χ3v) is 4.57. The van der Waals surface area contributed by atoms with Crippen molar-refractivity contribution in [2.45, 2.75) is 18.6 Å². The first kappa shape index (κ1) is 19.5. The van der Waals surface area contributed by atoms with Crippen molar-refractivity contribution in [3.63, 3.8) is 0 Å². The van der Waals surface area contributed by atoms with E-state index in [1.807, 2.05) is 6.07 Å². The zero-order valence-corrected chi connectivity index (χ0v) is 15.3. The van der Waals surface area contributed by atoms with E-state index >= 15 is 0 Å². The van der Waals surface area contributed by atoms with Crippen LogP contribution in [-0.2, 0) is 10.3 Å². The highest BCUT2D eigenvalue weighted by Crippen LogP contribution is 2.37. The van der Waals surface area contributed by atoms with E-state index in [1.165, 1.54) is 31.3 Å². The minimum absolute atomic E-state index is 0.0172. The lowest BCUT2D eigenvalue weighted by Crippen LogP contribution is -2.43. The van der Waals surface area contributed by atoms with Gasteiger partial charge in [0.25, 0.3) is 11.9 Å². The van der Waals surface area contributed by atoms with Crippen molar-refractivity contribution in [2.75, 3.05) is 11.9 Å². The number of pyridine rings is 1. The van der Waals surface area contributed by atoms with Crippen LogP contribution in [0.5, 0.6) is 0 Å². The molecule has 1 aromatic heterocycles. The number of amides is 1. The normalized spacial score (nSPS) is 21.2. The summed E-state index contributed by atoms with van der Waals surface area (Å²) >= 11 is 5.98. The van der Waals surface area contributed by atoms with Crippen molar-refractivity contribution in [3.8, 4) is 6.07 Å². The molecule has 1 amide bonds. The van der Waals surface area contributed by atoms with Crippen molar-refractivity contribution >= 4 is 29.2 Å². The third kappa shape index (κ3) is 3.59. The SMILES string of the molecule is C[C@]1(c2cc(NC(=O)c3ncc(C#N)cc3Cl)ccc2F)N=C(N)OC[C@@H]1F. The molecular weight excluding hydrogens is 392 g/mol. The summed E-state index contributed by atoms with van der Waals surface area (Å²) in [6.07, 6.45) is -0.444. The van der Waals surface area contributed by atoms with Crippen LogP contribution in [0.25, 0.3) is 0 Å². The molecule has 0 fully saturated rings. The molecule has 1 aliphatic rings. The Hall–Kier alpha value is -3.25. The van der Waals surface area contributed by atoms with Gasteiger partial charge < -0.3 is 15.8 Å². The lowest BCUT2D eigenvalue weighted by molar-refractivity contribution is 0.0923. The van der Waals surface area contributed by atoms with E-state index in [2.05, 4.69) is 15.3 Å². The van der Waals surface area contributed by atoms with Crippen LogP contribution in [0, 0.1) is 17.1 Å². The molecule has 10 heteroatoms. The summed E-state index contributed by atoms with van der Waals surface area (Å²) in [7, 11) is 0. The van der Waals surface area contributed by atoms with Crippen LogP contribution in [0.2, 0.25) is 5.02 Å². The summed E-state index contributed by atoms with van der Waals surface area (Å²) in [6, 6.07) is 6.55. The first-order valence-electron chi connectivity index (χ1n) is 8.04. The summed E-state index contributed by atoms with van der Waals surface area (Å²) < 4.78 is 33.7. The van der Waals surface area contributed by atoms with Gasteiger partial charge in [0.2, 0.25) is 0 Å². The Morgan fingerprint density at radius 2 is 2.25 bits per heavy atom. The van der Waals surface area contributed by atoms with E-state index in [0.29, 0.717) is 0 Å². The van der Waals surface area contributed by atoms with Crippen molar-refractivity contribution in [2.24, 2.45) is 10.7 Å². The van der Waals surface area contributed by atoms with Gasteiger partial charge in [-0.2, -0.15) is 5.26 Å². The molecular formula is C18H14ClF2N5O2. The molecule has 144 valence electrons. The number of alkyl halides is 1. The Kier molecular flexibility index (Phi) is 5.16. The molecule has 2 heterocycles. The van der Waals surface area contributed by atoms with E-state index in [9.17, 15) is 13.6 Å². The van der Waals surface area contributed by atoms with E-state index in [-0.39, 0.29) is 40.2 Å². The van der Waals surface area contributed by atoms with Gasteiger partial charge in [-0.3, -0.25) is 4.79 Å². The van der Waals surface area contributed by atoms with Crippen LogP contribution < -0.4 is 11.1 Å². The fourth-order valence-corrected chi connectivity index (χ4v) is 2.98. The number of aliphatic imine (C=N–C) groups is 1. The number of nitrogens with zero attached hydrogens (tertiary/aromatic N) is 3. The molecule has 28 heavy (non-hydrogen) atoms. The number of hydrogen-bond donors (Lipinski definition) is 2. The maximum absolute atomic E-state index is 14.5. The molecule has 0 saturated carbocycles. The highest BCUT2D eigenvalue weighted by Gasteiger charge is 2.42. The molecule has 0 spiro atoms. The van der Waals surface area contributed by atoms with Crippen molar-refractivity contribution in [1.82, 2.24) is 4.98 Å². The predicted molar refractivity (Wildman–Crippen MR) is 98.1 cm³/mol. The summed E-state index contributed by atoms with van der Waals surface area (Å²) in [5.74, 6) is -1.39. The largest absolute Gasteiger partial charge is 0.462 e. The van der Waals surface area contributed by atoms with Crippen LogP contribution in [0.3, 0.4) is 0 Å². The predicted octanol–water partition coefficient (Wildman–Crippen LogP) is 2.90. The number of ether oxygens (including phenoxy) is 1. The van der Waals surface area contributed by atoms with Gasteiger partial charge in [-0.05, 0) is 31.2 Å². The molecule has 2 atom stereocenters. The summed E-state index contributed by atoms with van der Waals surface area (Å²) in [6.45, 7) is 1.02. The number of hydrogen-bond acceptors (Lipinski definition) is 6. The topological polar surface area (TPSA) is 113 Å². The average molecular weight is 406 g/mol. The number of carbonyl (C=O) groups excluding carboxylic acids is 1. The summed E-state index contributed by atoms with van der Waals surface area (Å²) in [4.78, 5) is 20.2. The second-order valence-corrected chi connectivity index (χ2v) is 6.60. The molecule has 3 rings (SSSR count). The number of nitrogens with one attached hydrogen (secondary N) is 1. The van der Waals surface area contributed by atoms with Crippen molar-refractivity contribution in [1.29, 1.82) is 5.26 Å². The molecule has 2 aromatic rings. The number of amidine groups is 1. The van der Waals surface area contributed by atoms with Gasteiger partial charge in [0.1, 0.15) is 29.7 Å². The van der Waals surface area contributed by atoms with Crippen LogP contribution in [0.1, 0.15) is 28.5 Å². The van der Waals surface area contributed by atoms with Crippen molar-refractivity contribution in [3.05, 3.63) is 58.1 Å². The highest BCUT2D eigenvalue weighted by molar-refractivity contribution is 6.34. The quantitative estimate of drug-likeness (QED) is 0.815. The van der Waals surface area contributed by atoms with E-state index < -0.39 is 23.4 Å². The fourth-order valence-electron chi connectivity index (χ4n) is 2.73. The third-order valence-electron chi connectivity index (χ3n) is 4.28. The number of benzene rings is 1. The average Bonchev–Trinajstić information content (AvgIpc) is 2.66. The number of nitriles is 1. The standard InChI is InChI=1S/C18H14ClF2N5O2/c1-18(14(21)8-28-17(23)26-18)11-5-10(2-3-13(11)20)25-16(27)15-12(19)4-9(6-22)7-24-15/h2-5,7,14H,8H2,1H3,(H2,23,26)(H,25,27)/t14-,18+/m0/s1.